The molecule has 0 aromatic rings. The van der Waals surface area contributed by atoms with Crippen LogP contribution < -0.4 is 5.32 Å². The van der Waals surface area contributed by atoms with Crippen LogP contribution in [-0.2, 0) is 0 Å². The molecule has 1 fully saturated rings. The van der Waals surface area contributed by atoms with E-state index in [2.05, 4.69) is 19.2 Å². The van der Waals surface area contributed by atoms with Crippen molar-refractivity contribution in [2.24, 2.45) is 11.8 Å². The van der Waals surface area contributed by atoms with Crippen LogP contribution in [0.1, 0.15) is 33.1 Å². The second-order valence-corrected chi connectivity index (χ2v) is 3.52. The van der Waals surface area contributed by atoms with Gasteiger partial charge in [0.1, 0.15) is 0 Å². The fraction of sp³-hybridized carbons (Fsp3) is 1.00. The van der Waals surface area contributed by atoms with Gasteiger partial charge >= 0.3 is 0 Å². The summed E-state index contributed by atoms with van der Waals surface area (Å²) < 4.78 is 0. The summed E-state index contributed by atoms with van der Waals surface area (Å²) in [6.07, 6.45) is 4.18. The molecule has 1 N–H and O–H groups in total. The summed E-state index contributed by atoms with van der Waals surface area (Å²) in [5, 5.41) is 3.47. The van der Waals surface area contributed by atoms with Crippen molar-refractivity contribution in [3.63, 3.8) is 0 Å². The zero-order chi connectivity index (χ0) is 7.40. The van der Waals surface area contributed by atoms with Gasteiger partial charge in [0.05, 0.1) is 0 Å². The minimum Gasteiger partial charge on any atom is -0.316 e. The minimum atomic E-state index is 0.990. The lowest BCUT2D eigenvalue weighted by molar-refractivity contribution is 0.191. The summed E-state index contributed by atoms with van der Waals surface area (Å²) >= 11 is 0. The van der Waals surface area contributed by atoms with Crippen molar-refractivity contribution < 1.29 is 0 Å². The molecular weight excluding hydrogens is 122 g/mol. The normalized spacial score (nSPS) is 31.8. The fourth-order valence-corrected chi connectivity index (χ4v) is 1.50. The third-order valence-electron chi connectivity index (χ3n) is 2.63. The Morgan fingerprint density at radius 3 is 2.60 bits per heavy atom. The van der Waals surface area contributed by atoms with Crippen LogP contribution in [0.4, 0.5) is 0 Å². The fourth-order valence-electron chi connectivity index (χ4n) is 1.50. The van der Waals surface area contributed by atoms with E-state index < -0.39 is 0 Å². The van der Waals surface area contributed by atoms with E-state index in [1.54, 1.807) is 0 Å². The van der Waals surface area contributed by atoms with Gasteiger partial charge in [-0.2, -0.15) is 0 Å². The molecule has 60 valence electrons. The molecule has 0 saturated heterocycles. The Morgan fingerprint density at radius 1 is 1.40 bits per heavy atom. The first-order valence-electron chi connectivity index (χ1n) is 4.55. The minimum absolute atomic E-state index is 0.990. The first kappa shape index (κ1) is 8.06. The largest absolute Gasteiger partial charge is 0.316 e. The maximum Gasteiger partial charge on any atom is -0.00180 e. The first-order chi connectivity index (χ1) is 4.84. The van der Waals surface area contributed by atoms with Crippen molar-refractivity contribution in [1.82, 2.24) is 5.32 Å². The summed E-state index contributed by atoms with van der Waals surface area (Å²) in [6.45, 7) is 7.04. The average Bonchev–Trinajstić information content (AvgIpc) is 1.95. The summed E-state index contributed by atoms with van der Waals surface area (Å²) in [4.78, 5) is 0. The van der Waals surface area contributed by atoms with Crippen molar-refractivity contribution in [1.29, 1.82) is 0 Å². The van der Waals surface area contributed by atoms with Crippen LogP contribution in [0.2, 0.25) is 0 Å². The maximum absolute atomic E-state index is 3.47. The van der Waals surface area contributed by atoms with Gasteiger partial charge in [-0.05, 0) is 37.8 Å². The molecule has 0 radical (unpaired) electrons. The molecule has 1 rings (SSSR count). The lowest BCUT2D eigenvalue weighted by atomic mass is 9.75. The van der Waals surface area contributed by atoms with E-state index in [0.29, 0.717) is 0 Å². The van der Waals surface area contributed by atoms with E-state index in [1.807, 2.05) is 0 Å². The first-order valence-corrected chi connectivity index (χ1v) is 4.55. The molecule has 0 aliphatic heterocycles. The van der Waals surface area contributed by atoms with Crippen molar-refractivity contribution in [2.75, 3.05) is 13.1 Å². The van der Waals surface area contributed by atoms with Gasteiger partial charge in [-0.15, -0.1) is 0 Å². The second-order valence-electron chi connectivity index (χ2n) is 3.52. The van der Waals surface area contributed by atoms with Crippen molar-refractivity contribution in [3.8, 4) is 0 Å². The van der Waals surface area contributed by atoms with Crippen LogP contribution in [-0.4, -0.2) is 13.1 Å². The van der Waals surface area contributed by atoms with Crippen LogP contribution in [0.5, 0.6) is 0 Å². The van der Waals surface area contributed by atoms with Crippen LogP contribution in [0.3, 0.4) is 0 Å². The van der Waals surface area contributed by atoms with Crippen LogP contribution in [0.15, 0.2) is 0 Å². The Bertz CT molecular complexity index is 90.7. The molecule has 0 bridgehead atoms. The highest BCUT2D eigenvalue weighted by atomic mass is 14.9. The highest BCUT2D eigenvalue weighted by Gasteiger charge is 2.25. The second kappa shape index (κ2) is 3.97. The molecule has 10 heavy (non-hydrogen) atoms. The van der Waals surface area contributed by atoms with E-state index in [1.165, 1.54) is 32.4 Å². The standard InChI is InChI=1S/C9H19N/c1-3-6-10-7-9-5-4-8(9)2/h8-10H,3-7H2,1-2H3/t8-,9+/m0/s1. The molecule has 0 aromatic heterocycles. The number of nitrogens with one attached hydrogen (secondary N) is 1. The van der Waals surface area contributed by atoms with Crippen LogP contribution in [0.25, 0.3) is 0 Å². The Morgan fingerprint density at radius 2 is 2.20 bits per heavy atom. The molecule has 1 saturated carbocycles. The Hall–Kier alpha value is -0.0400. The molecule has 1 heteroatoms. The summed E-state index contributed by atoms with van der Waals surface area (Å²) in [5.41, 5.74) is 0. The molecule has 1 nitrogen and oxygen atoms in total. The lowest BCUT2D eigenvalue weighted by Crippen LogP contribution is -2.33. The molecule has 1 aliphatic carbocycles. The number of hydrogen-bond acceptors (Lipinski definition) is 1. The van der Waals surface area contributed by atoms with Crippen LogP contribution >= 0.6 is 0 Å². The molecule has 0 aromatic carbocycles. The highest BCUT2D eigenvalue weighted by Crippen LogP contribution is 2.32. The quantitative estimate of drug-likeness (QED) is 0.591. The van der Waals surface area contributed by atoms with E-state index in [-0.39, 0.29) is 0 Å². The average molecular weight is 141 g/mol. The van der Waals surface area contributed by atoms with Crippen LogP contribution in [0, 0.1) is 11.8 Å². The van der Waals surface area contributed by atoms with Gasteiger partial charge in [0, 0.05) is 0 Å². The Kier molecular flexibility index (Phi) is 3.20. The van der Waals surface area contributed by atoms with E-state index >= 15 is 0 Å². The van der Waals surface area contributed by atoms with Gasteiger partial charge in [-0.25, -0.2) is 0 Å². The summed E-state index contributed by atoms with van der Waals surface area (Å²) in [7, 11) is 0. The molecule has 2 atom stereocenters. The zero-order valence-corrected chi connectivity index (χ0v) is 7.19. The summed E-state index contributed by atoms with van der Waals surface area (Å²) in [5.74, 6) is 1.98. The maximum atomic E-state index is 3.47. The van der Waals surface area contributed by atoms with Gasteiger partial charge in [0.15, 0.2) is 0 Å². The lowest BCUT2D eigenvalue weighted by Gasteiger charge is -2.33. The van der Waals surface area contributed by atoms with Gasteiger partial charge in [0.25, 0.3) is 0 Å². The predicted molar refractivity (Wildman–Crippen MR) is 45.0 cm³/mol. The third kappa shape index (κ3) is 1.98. The van der Waals surface area contributed by atoms with Gasteiger partial charge in [0.2, 0.25) is 0 Å². The van der Waals surface area contributed by atoms with Gasteiger partial charge in [-0.1, -0.05) is 20.3 Å². The summed E-state index contributed by atoms with van der Waals surface area (Å²) in [6, 6.07) is 0. The third-order valence-corrected chi connectivity index (χ3v) is 2.63. The van der Waals surface area contributed by atoms with Gasteiger partial charge in [-0.3, -0.25) is 0 Å². The van der Waals surface area contributed by atoms with Crippen molar-refractivity contribution in [2.45, 2.75) is 33.1 Å². The monoisotopic (exact) mass is 141 g/mol. The molecular formula is C9H19N. The Labute approximate surface area is 64.2 Å². The molecule has 1 aliphatic rings. The number of rotatable bonds is 4. The zero-order valence-electron chi connectivity index (χ0n) is 7.19. The van der Waals surface area contributed by atoms with Crippen molar-refractivity contribution in [3.05, 3.63) is 0 Å². The molecule has 0 amide bonds. The van der Waals surface area contributed by atoms with E-state index in [9.17, 15) is 0 Å². The SMILES string of the molecule is CCCNC[C@H]1CC[C@@H]1C. The van der Waals surface area contributed by atoms with E-state index in [4.69, 9.17) is 0 Å². The Balaban J connectivity index is 1.92. The molecule has 0 heterocycles. The number of hydrogen-bond donors (Lipinski definition) is 1. The molecule has 0 unspecified atom stereocenters. The molecule has 0 spiro atoms. The predicted octanol–water partition coefficient (Wildman–Crippen LogP) is 2.03. The van der Waals surface area contributed by atoms with E-state index in [0.717, 1.165) is 11.8 Å². The van der Waals surface area contributed by atoms with Crippen molar-refractivity contribution >= 4 is 0 Å². The highest BCUT2D eigenvalue weighted by molar-refractivity contribution is 4.78. The smallest absolute Gasteiger partial charge is 0.00180 e. The van der Waals surface area contributed by atoms with Gasteiger partial charge < -0.3 is 5.32 Å². The topological polar surface area (TPSA) is 12.0 Å².